The Bertz CT molecular complexity index is 2240. The van der Waals surface area contributed by atoms with Crippen LogP contribution in [0.2, 0.25) is 0 Å². The van der Waals surface area contributed by atoms with Crippen LogP contribution in [0, 0.1) is 0 Å². The third-order valence-electron chi connectivity index (χ3n) is 8.09. The maximum absolute atomic E-state index is 6.59. The number of fused-ring (bicyclic) bond motifs is 9. The van der Waals surface area contributed by atoms with E-state index in [1.54, 1.807) is 11.3 Å². The molecule has 3 nitrogen and oxygen atoms in total. The first-order valence-electron chi connectivity index (χ1n) is 13.4. The molecule has 39 heavy (non-hydrogen) atoms. The Morgan fingerprint density at radius 1 is 0.769 bits per heavy atom. The lowest BCUT2D eigenvalue weighted by Crippen LogP contribution is -1.94. The van der Waals surface area contributed by atoms with Gasteiger partial charge in [0, 0.05) is 27.1 Å². The van der Waals surface area contributed by atoms with Crippen LogP contribution in [-0.4, -0.2) is 9.55 Å². The van der Waals surface area contributed by atoms with Crippen molar-refractivity contribution in [1.82, 2.24) is 9.55 Å². The molecule has 8 aromatic rings. The van der Waals surface area contributed by atoms with Crippen LogP contribution < -0.4 is 0 Å². The Morgan fingerprint density at radius 3 is 2.33 bits per heavy atom. The molecule has 0 bridgehead atoms. The zero-order valence-electron chi connectivity index (χ0n) is 21.0. The number of rotatable bonds is 2. The van der Waals surface area contributed by atoms with E-state index >= 15 is 0 Å². The third kappa shape index (κ3) is 3.01. The van der Waals surface area contributed by atoms with Crippen LogP contribution in [0.5, 0.6) is 0 Å². The largest absolute Gasteiger partial charge is 0.455 e. The summed E-state index contributed by atoms with van der Waals surface area (Å²) in [6.45, 7) is 0. The first kappa shape index (κ1) is 21.3. The maximum Gasteiger partial charge on any atom is 0.195 e. The third-order valence-corrected chi connectivity index (χ3v) is 9.17. The zero-order valence-corrected chi connectivity index (χ0v) is 21.8. The molecular formula is C35H22N2OS. The number of furan rings is 1. The van der Waals surface area contributed by atoms with Gasteiger partial charge in [0.25, 0.3) is 0 Å². The van der Waals surface area contributed by atoms with E-state index in [1.165, 1.54) is 38.5 Å². The van der Waals surface area contributed by atoms with Crippen molar-refractivity contribution >= 4 is 71.4 Å². The molecule has 0 N–H and O–H groups in total. The van der Waals surface area contributed by atoms with E-state index in [0.29, 0.717) is 0 Å². The number of thiazole rings is 1. The van der Waals surface area contributed by atoms with Gasteiger partial charge in [-0.05, 0) is 53.8 Å². The van der Waals surface area contributed by atoms with Crippen LogP contribution in [0.25, 0.3) is 76.3 Å². The van der Waals surface area contributed by atoms with Crippen molar-refractivity contribution in [3.63, 3.8) is 0 Å². The fourth-order valence-corrected chi connectivity index (χ4v) is 7.43. The van der Waals surface area contributed by atoms with Crippen molar-refractivity contribution in [2.75, 3.05) is 0 Å². The number of hydrogen-bond donors (Lipinski definition) is 0. The van der Waals surface area contributed by atoms with Crippen LogP contribution in [0.3, 0.4) is 0 Å². The van der Waals surface area contributed by atoms with Crippen LogP contribution in [-0.2, 0) is 6.42 Å². The molecule has 0 atom stereocenters. The molecule has 5 aromatic carbocycles. The monoisotopic (exact) mass is 518 g/mol. The maximum atomic E-state index is 6.59. The molecule has 4 heteroatoms. The van der Waals surface area contributed by atoms with Crippen molar-refractivity contribution in [2.24, 2.45) is 0 Å². The topological polar surface area (TPSA) is 31.0 Å². The predicted octanol–water partition coefficient (Wildman–Crippen LogP) is 9.92. The molecule has 0 amide bonds. The lowest BCUT2D eigenvalue weighted by Gasteiger charge is -2.12. The lowest BCUT2D eigenvalue weighted by atomic mass is 9.92. The molecule has 184 valence electrons. The second kappa shape index (κ2) is 7.92. The van der Waals surface area contributed by atoms with Crippen LogP contribution in [0.15, 0.2) is 108 Å². The molecule has 0 fully saturated rings. The smallest absolute Gasteiger partial charge is 0.195 e. The van der Waals surface area contributed by atoms with Crippen molar-refractivity contribution in [3.8, 4) is 16.3 Å². The van der Waals surface area contributed by atoms with Gasteiger partial charge in [0.1, 0.15) is 11.2 Å². The van der Waals surface area contributed by atoms with E-state index in [-0.39, 0.29) is 0 Å². The summed E-state index contributed by atoms with van der Waals surface area (Å²) in [5.74, 6) is 0. The van der Waals surface area contributed by atoms with Crippen LogP contribution >= 0.6 is 11.3 Å². The molecule has 3 heterocycles. The van der Waals surface area contributed by atoms with Gasteiger partial charge in [-0.2, -0.15) is 0 Å². The molecular weight excluding hydrogens is 496 g/mol. The van der Waals surface area contributed by atoms with E-state index in [2.05, 4.69) is 108 Å². The van der Waals surface area contributed by atoms with Crippen molar-refractivity contribution in [3.05, 3.63) is 114 Å². The quantitative estimate of drug-likeness (QED) is 0.228. The van der Waals surface area contributed by atoms with Gasteiger partial charge < -0.3 is 4.42 Å². The molecule has 0 spiro atoms. The standard InChI is InChI=1S/C35H22N2OS/c1-2-10-22-19-23(18-17-21(22)9-1)27-20-28-34(32-26-13-5-8-16-31(26)38-33(27)32)39-35(36-28)37-29-14-6-3-11-24(29)25-12-4-7-15-30(25)37/h1,3-9,11-20H,2,10H2. The van der Waals surface area contributed by atoms with Gasteiger partial charge in [0.05, 0.1) is 21.3 Å². The molecule has 3 aromatic heterocycles. The van der Waals surface area contributed by atoms with Gasteiger partial charge in [-0.15, -0.1) is 0 Å². The van der Waals surface area contributed by atoms with E-state index in [9.17, 15) is 0 Å². The number of aromatic nitrogens is 2. The second-order valence-electron chi connectivity index (χ2n) is 10.3. The van der Waals surface area contributed by atoms with E-state index in [0.717, 1.165) is 55.7 Å². The number of aryl methyl sites for hydroxylation is 1. The molecule has 0 unspecified atom stereocenters. The minimum Gasteiger partial charge on any atom is -0.455 e. The highest BCUT2D eigenvalue weighted by atomic mass is 32.1. The summed E-state index contributed by atoms with van der Waals surface area (Å²) in [5, 5.41) is 5.75. The van der Waals surface area contributed by atoms with Gasteiger partial charge in [-0.3, -0.25) is 4.57 Å². The Kier molecular flexibility index (Phi) is 4.32. The fourth-order valence-electron chi connectivity index (χ4n) is 6.30. The van der Waals surface area contributed by atoms with Crippen molar-refractivity contribution < 1.29 is 4.42 Å². The van der Waals surface area contributed by atoms with Crippen LogP contribution in [0.4, 0.5) is 0 Å². The average molecular weight is 519 g/mol. The molecule has 1 aliphatic rings. The SMILES string of the molecule is C1=Cc2ccc(-c3cc4nc(-n5c6ccccc6c6ccccc65)sc4c4c3oc3ccccc34)cc2CC1. The molecule has 0 radical (unpaired) electrons. The van der Waals surface area contributed by atoms with E-state index in [4.69, 9.17) is 9.40 Å². The molecule has 0 saturated heterocycles. The number of benzene rings is 5. The highest BCUT2D eigenvalue weighted by molar-refractivity contribution is 7.22. The first-order valence-corrected chi connectivity index (χ1v) is 14.2. The molecule has 0 saturated carbocycles. The van der Waals surface area contributed by atoms with Gasteiger partial charge in [-0.1, -0.05) is 96.3 Å². The summed E-state index contributed by atoms with van der Waals surface area (Å²) in [6, 6.07) is 34.6. The Balaban J connectivity index is 1.38. The molecule has 0 aliphatic heterocycles. The normalized spacial score (nSPS) is 13.3. The summed E-state index contributed by atoms with van der Waals surface area (Å²) in [6.07, 6.45) is 6.65. The van der Waals surface area contributed by atoms with Gasteiger partial charge in [0.15, 0.2) is 5.13 Å². The number of hydrogen-bond acceptors (Lipinski definition) is 3. The summed E-state index contributed by atoms with van der Waals surface area (Å²) >= 11 is 1.74. The van der Waals surface area contributed by atoms with E-state index < -0.39 is 0 Å². The highest BCUT2D eigenvalue weighted by Gasteiger charge is 2.22. The number of para-hydroxylation sites is 3. The van der Waals surface area contributed by atoms with E-state index in [1.807, 2.05) is 6.07 Å². The molecule has 1 aliphatic carbocycles. The summed E-state index contributed by atoms with van der Waals surface area (Å²) < 4.78 is 10.1. The average Bonchev–Trinajstić information content (AvgIpc) is 3.67. The number of nitrogens with zero attached hydrogens (tertiary/aromatic N) is 2. The fraction of sp³-hybridized carbons (Fsp3) is 0.0571. The second-order valence-corrected chi connectivity index (χ2v) is 11.3. The van der Waals surface area contributed by atoms with Crippen molar-refractivity contribution in [1.29, 1.82) is 0 Å². The summed E-state index contributed by atoms with van der Waals surface area (Å²) in [4.78, 5) is 5.29. The molecule has 9 rings (SSSR count). The summed E-state index contributed by atoms with van der Waals surface area (Å²) in [7, 11) is 0. The Labute approximate surface area is 228 Å². The van der Waals surface area contributed by atoms with Crippen molar-refractivity contribution in [2.45, 2.75) is 12.8 Å². The Hall–Kier alpha value is -4.67. The lowest BCUT2D eigenvalue weighted by molar-refractivity contribution is 0.670. The predicted molar refractivity (Wildman–Crippen MR) is 164 cm³/mol. The minimum absolute atomic E-state index is 0.911. The Morgan fingerprint density at radius 2 is 1.51 bits per heavy atom. The summed E-state index contributed by atoms with van der Waals surface area (Å²) in [5.41, 5.74) is 10.2. The van der Waals surface area contributed by atoms with Gasteiger partial charge in [0.2, 0.25) is 0 Å². The van der Waals surface area contributed by atoms with Gasteiger partial charge >= 0.3 is 0 Å². The minimum atomic E-state index is 0.911. The number of allylic oxidation sites excluding steroid dienone is 1. The van der Waals surface area contributed by atoms with Gasteiger partial charge in [-0.25, -0.2) is 4.98 Å². The first-order chi connectivity index (χ1) is 19.3. The van der Waals surface area contributed by atoms with Crippen LogP contribution in [0.1, 0.15) is 17.5 Å². The highest BCUT2D eigenvalue weighted by Crippen LogP contribution is 2.45. The zero-order chi connectivity index (χ0) is 25.5.